The monoisotopic (exact) mass is 275 g/mol. The second-order valence-electron chi connectivity index (χ2n) is 3.92. The van der Waals surface area contributed by atoms with Crippen LogP contribution in [0.1, 0.15) is 20.8 Å². The van der Waals surface area contributed by atoms with Crippen LogP contribution in [-0.2, 0) is 0 Å². The summed E-state index contributed by atoms with van der Waals surface area (Å²) in [7, 11) is 0. The van der Waals surface area contributed by atoms with E-state index in [1.54, 1.807) is 0 Å². The number of carboxylic acids is 1. The number of nitrogens with two attached hydrogens (primary N) is 1. The first-order chi connectivity index (χ1) is 9.47. The summed E-state index contributed by atoms with van der Waals surface area (Å²) in [6.45, 7) is 0. The molecule has 6 nitrogen and oxygen atoms in total. The van der Waals surface area contributed by atoms with Gasteiger partial charge in [0.2, 0.25) is 0 Å². The number of aromatic nitrogens is 1. The molecule has 0 aliphatic rings. The minimum absolute atomic E-state index is 0.0394. The molecule has 7 heteroatoms. The summed E-state index contributed by atoms with van der Waals surface area (Å²) in [5, 5.41) is 11.5. The number of nitrogens with one attached hydrogen (secondary N) is 1. The van der Waals surface area contributed by atoms with E-state index >= 15 is 0 Å². The number of hydrogen-bond donors (Lipinski definition) is 3. The predicted octanol–water partition coefficient (Wildman–Crippen LogP) is 1.76. The van der Waals surface area contributed by atoms with Gasteiger partial charge in [0.1, 0.15) is 11.5 Å². The number of halogens is 1. The number of rotatable bonds is 4. The molecule has 2 aromatic rings. The van der Waals surface area contributed by atoms with Crippen molar-refractivity contribution in [3.8, 4) is 0 Å². The molecule has 0 fully saturated rings. The number of amides is 1. The number of hydrogen-bond acceptors (Lipinski definition) is 4. The Labute approximate surface area is 113 Å². The van der Waals surface area contributed by atoms with Crippen LogP contribution in [0.25, 0.3) is 0 Å². The zero-order chi connectivity index (χ0) is 14.7. The zero-order valence-electron chi connectivity index (χ0n) is 10.1. The highest BCUT2D eigenvalue weighted by Crippen LogP contribution is 2.21. The molecule has 1 aromatic heterocycles. The van der Waals surface area contributed by atoms with E-state index < -0.39 is 17.7 Å². The first kappa shape index (κ1) is 13.5. The van der Waals surface area contributed by atoms with Crippen LogP contribution >= 0.6 is 0 Å². The molecule has 0 bridgehead atoms. The standard InChI is InChI=1S/C13H10FN3O3/c14-9-5-7(13(19)20)1-2-10(9)17-8-3-4-16-11(6-8)12(15)18/h1-6H,(H2,15,18)(H,16,17)(H,19,20). The van der Waals surface area contributed by atoms with Gasteiger partial charge in [0.05, 0.1) is 11.3 Å². The van der Waals surface area contributed by atoms with Crippen LogP contribution in [0.3, 0.4) is 0 Å². The van der Waals surface area contributed by atoms with Crippen molar-refractivity contribution in [2.24, 2.45) is 5.73 Å². The number of pyridine rings is 1. The van der Waals surface area contributed by atoms with Gasteiger partial charge in [-0.05, 0) is 30.3 Å². The van der Waals surface area contributed by atoms with Gasteiger partial charge in [0.25, 0.3) is 5.91 Å². The summed E-state index contributed by atoms with van der Waals surface area (Å²) in [5.41, 5.74) is 5.47. The molecule has 0 atom stereocenters. The summed E-state index contributed by atoms with van der Waals surface area (Å²) in [6, 6.07) is 6.36. The van der Waals surface area contributed by atoms with Crippen LogP contribution in [0.15, 0.2) is 36.5 Å². The topological polar surface area (TPSA) is 105 Å². The number of aromatic carboxylic acids is 1. The molecule has 0 radical (unpaired) electrons. The highest BCUT2D eigenvalue weighted by molar-refractivity contribution is 5.92. The molecule has 102 valence electrons. The average molecular weight is 275 g/mol. The molecule has 0 aliphatic carbocycles. The zero-order valence-corrected chi connectivity index (χ0v) is 10.1. The first-order valence-electron chi connectivity index (χ1n) is 5.53. The van der Waals surface area contributed by atoms with Crippen molar-refractivity contribution < 1.29 is 19.1 Å². The van der Waals surface area contributed by atoms with E-state index in [0.717, 1.165) is 6.07 Å². The van der Waals surface area contributed by atoms with E-state index in [4.69, 9.17) is 10.8 Å². The van der Waals surface area contributed by atoms with Crippen molar-refractivity contribution in [3.63, 3.8) is 0 Å². The molecule has 0 unspecified atom stereocenters. The van der Waals surface area contributed by atoms with Crippen LogP contribution < -0.4 is 11.1 Å². The molecule has 1 amide bonds. The van der Waals surface area contributed by atoms with E-state index in [1.165, 1.54) is 30.5 Å². The molecular weight excluding hydrogens is 265 g/mol. The van der Waals surface area contributed by atoms with Crippen LogP contribution in [-0.4, -0.2) is 22.0 Å². The van der Waals surface area contributed by atoms with Crippen molar-refractivity contribution in [1.82, 2.24) is 4.98 Å². The lowest BCUT2D eigenvalue weighted by Crippen LogP contribution is -2.13. The number of carbonyl (C=O) groups excluding carboxylic acids is 1. The molecular formula is C13H10FN3O3. The second-order valence-corrected chi connectivity index (χ2v) is 3.92. The molecule has 1 heterocycles. The second kappa shape index (κ2) is 5.35. The maximum atomic E-state index is 13.7. The van der Waals surface area contributed by atoms with Gasteiger partial charge in [-0.3, -0.25) is 9.78 Å². The van der Waals surface area contributed by atoms with Gasteiger partial charge >= 0.3 is 5.97 Å². The number of carboxylic acid groups (broad SMARTS) is 1. The van der Waals surface area contributed by atoms with Crippen molar-refractivity contribution in [1.29, 1.82) is 0 Å². The third-order valence-corrected chi connectivity index (χ3v) is 2.51. The average Bonchev–Trinajstić information content (AvgIpc) is 2.41. The Hall–Kier alpha value is -2.96. The van der Waals surface area contributed by atoms with E-state index in [1.807, 2.05) is 0 Å². The Morgan fingerprint density at radius 1 is 1.25 bits per heavy atom. The van der Waals surface area contributed by atoms with Gasteiger partial charge in [-0.1, -0.05) is 0 Å². The van der Waals surface area contributed by atoms with Crippen LogP contribution in [0.4, 0.5) is 15.8 Å². The fraction of sp³-hybridized carbons (Fsp3) is 0. The van der Waals surface area contributed by atoms with E-state index in [9.17, 15) is 14.0 Å². The Morgan fingerprint density at radius 2 is 2.00 bits per heavy atom. The molecule has 0 saturated carbocycles. The molecule has 0 spiro atoms. The fourth-order valence-corrected chi connectivity index (χ4v) is 1.55. The van der Waals surface area contributed by atoms with Gasteiger partial charge in [-0.25, -0.2) is 9.18 Å². The Morgan fingerprint density at radius 3 is 2.60 bits per heavy atom. The lowest BCUT2D eigenvalue weighted by Gasteiger charge is -2.08. The maximum absolute atomic E-state index is 13.7. The number of carbonyl (C=O) groups is 2. The lowest BCUT2D eigenvalue weighted by molar-refractivity contribution is 0.0696. The third-order valence-electron chi connectivity index (χ3n) is 2.51. The maximum Gasteiger partial charge on any atom is 0.335 e. The summed E-state index contributed by atoms with van der Waals surface area (Å²) in [5.74, 6) is -2.63. The quantitative estimate of drug-likeness (QED) is 0.788. The lowest BCUT2D eigenvalue weighted by atomic mass is 10.2. The molecule has 0 aliphatic heterocycles. The minimum atomic E-state index is -1.21. The SMILES string of the molecule is NC(=O)c1cc(Nc2ccc(C(=O)O)cc2F)ccn1. The van der Waals surface area contributed by atoms with Gasteiger partial charge in [0, 0.05) is 11.9 Å². The Balaban J connectivity index is 2.28. The smallest absolute Gasteiger partial charge is 0.335 e. The number of nitrogens with zero attached hydrogens (tertiary/aromatic N) is 1. The molecule has 2 rings (SSSR count). The summed E-state index contributed by atoms with van der Waals surface area (Å²) in [6.07, 6.45) is 1.35. The largest absolute Gasteiger partial charge is 0.478 e. The van der Waals surface area contributed by atoms with Gasteiger partial charge in [-0.15, -0.1) is 0 Å². The molecule has 0 saturated heterocycles. The fourth-order valence-electron chi connectivity index (χ4n) is 1.55. The summed E-state index contributed by atoms with van der Waals surface area (Å²) in [4.78, 5) is 25.4. The number of anilines is 2. The van der Waals surface area contributed by atoms with Crippen LogP contribution in [0.2, 0.25) is 0 Å². The van der Waals surface area contributed by atoms with Crippen LogP contribution in [0, 0.1) is 5.82 Å². The number of benzene rings is 1. The van der Waals surface area contributed by atoms with E-state index in [2.05, 4.69) is 10.3 Å². The van der Waals surface area contributed by atoms with Crippen molar-refractivity contribution in [2.45, 2.75) is 0 Å². The molecule has 4 N–H and O–H groups in total. The van der Waals surface area contributed by atoms with Gasteiger partial charge in [-0.2, -0.15) is 0 Å². The minimum Gasteiger partial charge on any atom is -0.478 e. The molecule has 1 aromatic carbocycles. The highest BCUT2D eigenvalue weighted by atomic mass is 19.1. The highest BCUT2D eigenvalue weighted by Gasteiger charge is 2.09. The Kier molecular flexibility index (Phi) is 3.60. The Bertz CT molecular complexity index is 688. The van der Waals surface area contributed by atoms with Crippen molar-refractivity contribution in [2.75, 3.05) is 5.32 Å². The first-order valence-corrected chi connectivity index (χ1v) is 5.53. The summed E-state index contributed by atoms with van der Waals surface area (Å²) < 4.78 is 13.7. The third kappa shape index (κ3) is 2.89. The number of primary amides is 1. The van der Waals surface area contributed by atoms with Crippen LogP contribution in [0.5, 0.6) is 0 Å². The predicted molar refractivity (Wildman–Crippen MR) is 69.4 cm³/mol. The van der Waals surface area contributed by atoms with E-state index in [-0.39, 0.29) is 16.9 Å². The molecule has 20 heavy (non-hydrogen) atoms. The van der Waals surface area contributed by atoms with E-state index in [0.29, 0.717) is 5.69 Å². The van der Waals surface area contributed by atoms with Crippen molar-refractivity contribution in [3.05, 3.63) is 53.6 Å². The summed E-state index contributed by atoms with van der Waals surface area (Å²) >= 11 is 0. The van der Waals surface area contributed by atoms with Crippen molar-refractivity contribution >= 4 is 23.3 Å². The normalized spacial score (nSPS) is 10.1. The van der Waals surface area contributed by atoms with Gasteiger partial charge in [0.15, 0.2) is 0 Å². The van der Waals surface area contributed by atoms with Gasteiger partial charge < -0.3 is 16.2 Å².